The zero-order valence-corrected chi connectivity index (χ0v) is 16.4. The quantitative estimate of drug-likeness (QED) is 0.786. The van der Waals surface area contributed by atoms with E-state index in [1.807, 2.05) is 46.7 Å². The molecule has 0 saturated carbocycles. The highest BCUT2D eigenvalue weighted by Crippen LogP contribution is 2.17. The molecule has 1 aromatic heterocycles. The van der Waals surface area contributed by atoms with E-state index in [9.17, 15) is 9.90 Å². The average Bonchev–Trinajstić information content (AvgIpc) is 3.13. The van der Waals surface area contributed by atoms with Crippen molar-refractivity contribution >= 4 is 17.2 Å². The first-order valence-corrected chi connectivity index (χ1v) is 10.0. The summed E-state index contributed by atoms with van der Waals surface area (Å²) >= 11 is 1.48. The van der Waals surface area contributed by atoms with Crippen LogP contribution in [0, 0.1) is 0 Å². The zero-order chi connectivity index (χ0) is 19.1. The van der Waals surface area contributed by atoms with Gasteiger partial charge in [-0.3, -0.25) is 9.69 Å². The maximum Gasteiger partial charge on any atom is 0.263 e. The van der Waals surface area contributed by atoms with Crippen LogP contribution in [0.1, 0.15) is 16.1 Å². The lowest BCUT2D eigenvalue weighted by Gasteiger charge is -2.24. The molecule has 0 spiro atoms. The fraction of sp³-hybridized carbons (Fsp3) is 0.450. The molecule has 1 aliphatic rings. The first-order valence-electron chi connectivity index (χ1n) is 9.16. The topological polar surface area (TPSA) is 62.2 Å². The van der Waals surface area contributed by atoms with Crippen molar-refractivity contribution in [2.75, 3.05) is 46.4 Å². The molecule has 1 N–H and O–H groups in total. The number of rotatable bonds is 7. The van der Waals surface area contributed by atoms with Crippen LogP contribution in [0.25, 0.3) is 0 Å². The number of hydrogen-bond donors (Lipinski definition) is 1. The van der Waals surface area contributed by atoms with Crippen LogP contribution in [0.2, 0.25) is 0 Å². The molecule has 1 aliphatic heterocycles. The van der Waals surface area contributed by atoms with Gasteiger partial charge in [0.2, 0.25) is 0 Å². The second-order valence-corrected chi connectivity index (χ2v) is 7.51. The molecule has 1 fully saturated rings. The number of carbonyl (C=O) groups is 1. The average molecular weight is 391 g/mol. The van der Waals surface area contributed by atoms with E-state index in [-0.39, 0.29) is 12.5 Å². The molecule has 1 amide bonds. The van der Waals surface area contributed by atoms with E-state index in [0.717, 1.165) is 36.7 Å². The third-order valence-corrected chi connectivity index (χ3v) is 5.44. The van der Waals surface area contributed by atoms with Gasteiger partial charge in [-0.15, -0.1) is 11.3 Å². The third-order valence-electron chi connectivity index (χ3n) is 4.58. The molecule has 7 heteroatoms. The molecule has 2 aromatic rings. The van der Waals surface area contributed by atoms with Gasteiger partial charge in [0.25, 0.3) is 5.91 Å². The Morgan fingerprint density at radius 3 is 2.63 bits per heavy atom. The molecule has 1 unspecified atom stereocenters. The molecular weight excluding hydrogens is 364 g/mol. The largest absolute Gasteiger partial charge is 0.497 e. The first-order chi connectivity index (χ1) is 13.2. The summed E-state index contributed by atoms with van der Waals surface area (Å²) in [4.78, 5) is 17.4. The number of β-amino-alcohol motifs (C(OH)–C–C–N with tert-alkyl or cyclic N) is 1. The Morgan fingerprint density at radius 1 is 1.15 bits per heavy atom. The number of aliphatic hydroxyl groups excluding tert-OH is 1. The molecule has 2 heterocycles. The van der Waals surface area contributed by atoms with Gasteiger partial charge in [-0.25, -0.2) is 0 Å². The normalized spacial score (nSPS) is 16.6. The Hall–Kier alpha value is -2.09. The number of amides is 1. The van der Waals surface area contributed by atoms with E-state index in [0.29, 0.717) is 18.8 Å². The van der Waals surface area contributed by atoms with Crippen molar-refractivity contribution in [3.05, 3.63) is 46.7 Å². The molecule has 0 radical (unpaired) electrons. The van der Waals surface area contributed by atoms with Crippen LogP contribution in [0.5, 0.6) is 11.5 Å². The third kappa shape index (κ3) is 5.69. The minimum atomic E-state index is -0.577. The highest BCUT2D eigenvalue weighted by atomic mass is 32.1. The molecule has 27 heavy (non-hydrogen) atoms. The van der Waals surface area contributed by atoms with Gasteiger partial charge in [-0.05, 0) is 48.7 Å². The molecule has 1 saturated heterocycles. The molecular formula is C20H26N2O4S. The van der Waals surface area contributed by atoms with Gasteiger partial charge in [-0.1, -0.05) is 6.07 Å². The predicted octanol–water partition coefficient (Wildman–Crippen LogP) is 2.34. The van der Waals surface area contributed by atoms with Crippen LogP contribution in [-0.2, 0) is 0 Å². The number of methoxy groups -OCH3 is 1. The number of ether oxygens (including phenoxy) is 2. The minimum Gasteiger partial charge on any atom is -0.497 e. The van der Waals surface area contributed by atoms with Gasteiger partial charge >= 0.3 is 0 Å². The lowest BCUT2D eigenvalue weighted by molar-refractivity contribution is 0.0671. The van der Waals surface area contributed by atoms with Crippen molar-refractivity contribution in [1.29, 1.82) is 0 Å². The van der Waals surface area contributed by atoms with Crippen LogP contribution >= 0.6 is 11.3 Å². The van der Waals surface area contributed by atoms with Crippen LogP contribution in [0.15, 0.2) is 41.8 Å². The predicted molar refractivity (Wildman–Crippen MR) is 106 cm³/mol. The smallest absolute Gasteiger partial charge is 0.263 e. The molecule has 3 rings (SSSR count). The first kappa shape index (κ1) is 19.7. The Labute approximate surface area is 163 Å². The van der Waals surface area contributed by atoms with Crippen molar-refractivity contribution < 1.29 is 19.4 Å². The van der Waals surface area contributed by atoms with Gasteiger partial charge in [0.15, 0.2) is 0 Å². The maximum absolute atomic E-state index is 12.5. The summed E-state index contributed by atoms with van der Waals surface area (Å²) in [5.74, 6) is 1.59. The van der Waals surface area contributed by atoms with Gasteiger partial charge in [0, 0.05) is 26.2 Å². The fourth-order valence-electron chi connectivity index (χ4n) is 3.13. The van der Waals surface area contributed by atoms with Crippen LogP contribution in [0.4, 0.5) is 0 Å². The summed E-state index contributed by atoms with van der Waals surface area (Å²) in [5.41, 5.74) is 0. The number of thiophene rings is 1. The van der Waals surface area contributed by atoms with Gasteiger partial charge in [0.1, 0.15) is 24.2 Å². The summed E-state index contributed by atoms with van der Waals surface area (Å²) in [6.45, 7) is 3.84. The molecule has 0 bridgehead atoms. The number of hydrogen-bond acceptors (Lipinski definition) is 6. The highest BCUT2D eigenvalue weighted by Gasteiger charge is 2.22. The van der Waals surface area contributed by atoms with E-state index >= 15 is 0 Å². The number of carbonyl (C=O) groups excluding carboxylic acids is 1. The van der Waals surface area contributed by atoms with Crippen molar-refractivity contribution in [2.45, 2.75) is 12.5 Å². The lowest BCUT2D eigenvalue weighted by Crippen LogP contribution is -2.39. The minimum absolute atomic E-state index is 0.107. The molecule has 1 atom stereocenters. The van der Waals surface area contributed by atoms with Crippen molar-refractivity contribution in [3.63, 3.8) is 0 Å². The van der Waals surface area contributed by atoms with E-state index in [4.69, 9.17) is 9.47 Å². The molecule has 0 aliphatic carbocycles. The number of aliphatic hydroxyl groups is 1. The summed E-state index contributed by atoms with van der Waals surface area (Å²) in [7, 11) is 1.62. The summed E-state index contributed by atoms with van der Waals surface area (Å²) < 4.78 is 10.8. The van der Waals surface area contributed by atoms with Gasteiger partial charge in [-0.2, -0.15) is 0 Å². The van der Waals surface area contributed by atoms with E-state index in [1.54, 1.807) is 7.11 Å². The number of benzene rings is 1. The van der Waals surface area contributed by atoms with Gasteiger partial charge < -0.3 is 19.5 Å². The van der Waals surface area contributed by atoms with E-state index in [2.05, 4.69) is 4.90 Å². The van der Waals surface area contributed by atoms with E-state index < -0.39 is 6.10 Å². The summed E-state index contributed by atoms with van der Waals surface area (Å²) in [5, 5.41) is 12.2. The Morgan fingerprint density at radius 2 is 1.93 bits per heavy atom. The van der Waals surface area contributed by atoms with Crippen molar-refractivity contribution in [2.24, 2.45) is 0 Å². The maximum atomic E-state index is 12.5. The van der Waals surface area contributed by atoms with Crippen LogP contribution in [-0.4, -0.2) is 73.4 Å². The zero-order valence-electron chi connectivity index (χ0n) is 15.5. The Balaban J connectivity index is 1.43. The van der Waals surface area contributed by atoms with Crippen LogP contribution < -0.4 is 9.47 Å². The molecule has 1 aromatic carbocycles. The Kier molecular flexibility index (Phi) is 7.09. The fourth-order valence-corrected chi connectivity index (χ4v) is 3.82. The SMILES string of the molecule is COc1ccc(OCC(O)CN2CCCN(C(=O)c3cccs3)CC2)cc1. The molecule has 6 nitrogen and oxygen atoms in total. The van der Waals surface area contributed by atoms with Crippen LogP contribution in [0.3, 0.4) is 0 Å². The second kappa shape index (κ2) is 9.73. The van der Waals surface area contributed by atoms with E-state index in [1.165, 1.54) is 11.3 Å². The van der Waals surface area contributed by atoms with Crippen molar-refractivity contribution in [3.8, 4) is 11.5 Å². The van der Waals surface area contributed by atoms with Gasteiger partial charge in [0.05, 0.1) is 12.0 Å². The summed E-state index contributed by atoms with van der Waals surface area (Å²) in [6, 6.07) is 11.1. The van der Waals surface area contributed by atoms with Crippen molar-refractivity contribution in [1.82, 2.24) is 9.80 Å². The highest BCUT2D eigenvalue weighted by molar-refractivity contribution is 7.12. The monoisotopic (exact) mass is 390 g/mol. The lowest BCUT2D eigenvalue weighted by atomic mass is 10.3. The standard InChI is InChI=1S/C20H26N2O4S/c1-25-17-5-7-18(8-6-17)26-15-16(23)14-21-9-3-10-22(12-11-21)20(24)19-4-2-13-27-19/h2,4-8,13,16,23H,3,9-12,14-15H2,1H3. The number of nitrogens with zero attached hydrogens (tertiary/aromatic N) is 2. The Bertz CT molecular complexity index is 705. The molecule has 146 valence electrons. The second-order valence-electron chi connectivity index (χ2n) is 6.56. The summed E-state index contributed by atoms with van der Waals surface area (Å²) in [6.07, 6.45) is 0.329.